The first-order valence-corrected chi connectivity index (χ1v) is 8.05. The molecule has 1 aromatic rings. The molecule has 19 heavy (non-hydrogen) atoms. The third-order valence-electron chi connectivity index (χ3n) is 3.13. The molecule has 1 aliphatic rings. The zero-order chi connectivity index (χ0) is 13.9. The summed E-state index contributed by atoms with van der Waals surface area (Å²) in [6.45, 7) is 2.16. The molecule has 1 saturated carbocycles. The number of carbonyl (C=O) groups excluding carboxylic acids is 1. The molecule has 2 N–H and O–H groups in total. The van der Waals surface area contributed by atoms with Gasteiger partial charge in [-0.1, -0.05) is 0 Å². The van der Waals surface area contributed by atoms with E-state index in [-0.39, 0.29) is 11.9 Å². The molecule has 0 bridgehead atoms. The number of carbonyl (C=O) groups is 1. The van der Waals surface area contributed by atoms with Crippen molar-refractivity contribution in [3.05, 3.63) is 22.8 Å². The highest BCUT2D eigenvalue weighted by Gasteiger charge is 2.49. The van der Waals surface area contributed by atoms with Crippen LogP contribution in [0.4, 0.5) is 0 Å². The molecule has 0 saturated heterocycles. The highest BCUT2D eigenvalue weighted by Crippen LogP contribution is 2.42. The Morgan fingerprint density at radius 3 is 3.00 bits per heavy atom. The Balaban J connectivity index is 2.05. The van der Waals surface area contributed by atoms with Crippen LogP contribution >= 0.6 is 27.7 Å². The second kappa shape index (κ2) is 6.24. The van der Waals surface area contributed by atoms with E-state index < -0.39 is 5.54 Å². The summed E-state index contributed by atoms with van der Waals surface area (Å²) < 4.78 is 6.04. The van der Waals surface area contributed by atoms with Gasteiger partial charge in [-0.25, -0.2) is 4.98 Å². The zero-order valence-corrected chi connectivity index (χ0v) is 13.2. The lowest BCUT2D eigenvalue weighted by Crippen LogP contribution is -2.53. The first-order chi connectivity index (χ1) is 9.08. The molecule has 1 atom stereocenters. The molecule has 1 fully saturated rings. The van der Waals surface area contributed by atoms with Crippen LogP contribution in [0.1, 0.15) is 19.8 Å². The van der Waals surface area contributed by atoms with Gasteiger partial charge in [0.15, 0.2) is 0 Å². The van der Waals surface area contributed by atoms with E-state index in [1.807, 2.05) is 12.1 Å². The molecular weight excluding hydrogens is 328 g/mol. The van der Waals surface area contributed by atoms with Gasteiger partial charge in [-0.15, -0.1) is 11.8 Å². The maximum Gasteiger partial charge on any atom is 0.327 e. The lowest BCUT2D eigenvalue weighted by atomic mass is 9.97. The van der Waals surface area contributed by atoms with Crippen molar-refractivity contribution in [2.45, 2.75) is 30.3 Å². The third-order valence-corrected chi connectivity index (χ3v) is 5.26. The van der Waals surface area contributed by atoms with E-state index in [1.165, 1.54) is 11.8 Å². The number of thioether (sulfide) groups is 1. The average molecular weight is 345 g/mol. The van der Waals surface area contributed by atoms with Gasteiger partial charge in [-0.2, -0.15) is 0 Å². The Morgan fingerprint density at radius 2 is 2.42 bits per heavy atom. The Bertz CT molecular complexity index is 468. The second-order valence-corrected chi connectivity index (χ2v) is 6.43. The van der Waals surface area contributed by atoms with E-state index in [2.05, 4.69) is 20.9 Å². The molecule has 1 unspecified atom stereocenters. The van der Waals surface area contributed by atoms with Crippen molar-refractivity contribution in [1.82, 2.24) is 4.98 Å². The zero-order valence-electron chi connectivity index (χ0n) is 10.8. The number of nitrogens with zero attached hydrogens (tertiary/aromatic N) is 1. The molecule has 2 rings (SSSR count). The van der Waals surface area contributed by atoms with Gasteiger partial charge in [0, 0.05) is 16.4 Å². The molecule has 4 nitrogen and oxygen atoms in total. The van der Waals surface area contributed by atoms with Crippen LogP contribution in [0.2, 0.25) is 0 Å². The SMILES string of the molecule is CCOC(=O)C(N)(CSc1ncccc1Br)C1CC1. The minimum Gasteiger partial charge on any atom is -0.465 e. The van der Waals surface area contributed by atoms with Gasteiger partial charge in [0.1, 0.15) is 10.6 Å². The molecule has 1 aromatic heterocycles. The standard InChI is InChI=1S/C13H17BrN2O2S/c1-2-18-12(17)13(15,9-5-6-9)8-19-11-10(14)4-3-7-16-11/h3-4,7,9H,2,5-6,8,15H2,1H3. The number of pyridine rings is 1. The molecule has 1 heterocycles. The number of esters is 1. The Kier molecular flexibility index (Phi) is 4.86. The number of ether oxygens (including phenoxy) is 1. The van der Waals surface area contributed by atoms with Crippen LogP contribution in [0.5, 0.6) is 0 Å². The summed E-state index contributed by atoms with van der Waals surface area (Å²) in [6, 6.07) is 3.78. The number of halogens is 1. The van der Waals surface area contributed by atoms with Crippen LogP contribution in [0.25, 0.3) is 0 Å². The topological polar surface area (TPSA) is 65.2 Å². The average Bonchev–Trinajstić information content (AvgIpc) is 3.22. The van der Waals surface area contributed by atoms with Crippen molar-refractivity contribution in [2.75, 3.05) is 12.4 Å². The van der Waals surface area contributed by atoms with Crippen molar-refractivity contribution >= 4 is 33.7 Å². The number of aromatic nitrogens is 1. The van der Waals surface area contributed by atoms with Crippen molar-refractivity contribution in [3.8, 4) is 0 Å². The fourth-order valence-electron chi connectivity index (χ4n) is 1.87. The van der Waals surface area contributed by atoms with Crippen LogP contribution in [0.15, 0.2) is 27.8 Å². The van der Waals surface area contributed by atoms with E-state index >= 15 is 0 Å². The summed E-state index contributed by atoms with van der Waals surface area (Å²) in [4.78, 5) is 16.3. The van der Waals surface area contributed by atoms with E-state index in [1.54, 1.807) is 13.1 Å². The summed E-state index contributed by atoms with van der Waals surface area (Å²) in [5, 5.41) is 0.849. The van der Waals surface area contributed by atoms with E-state index in [0.29, 0.717) is 12.4 Å². The number of nitrogens with two attached hydrogens (primary N) is 1. The van der Waals surface area contributed by atoms with E-state index in [4.69, 9.17) is 10.5 Å². The Labute approximate surface area is 125 Å². The van der Waals surface area contributed by atoms with Crippen LogP contribution in [-0.2, 0) is 9.53 Å². The van der Waals surface area contributed by atoms with Crippen molar-refractivity contribution < 1.29 is 9.53 Å². The molecule has 0 spiro atoms. The molecule has 104 valence electrons. The summed E-state index contributed by atoms with van der Waals surface area (Å²) in [5.74, 6) is 0.435. The lowest BCUT2D eigenvalue weighted by molar-refractivity contribution is -0.149. The van der Waals surface area contributed by atoms with Gasteiger partial charge in [0.05, 0.1) is 6.61 Å². The molecule has 6 heteroatoms. The summed E-state index contributed by atoms with van der Waals surface area (Å²) in [6.07, 6.45) is 3.73. The van der Waals surface area contributed by atoms with Crippen LogP contribution in [0.3, 0.4) is 0 Å². The lowest BCUT2D eigenvalue weighted by Gasteiger charge is -2.26. The summed E-state index contributed by atoms with van der Waals surface area (Å²) >= 11 is 4.94. The molecule has 0 aliphatic heterocycles. The van der Waals surface area contributed by atoms with E-state index in [9.17, 15) is 4.79 Å². The number of rotatable bonds is 6. The van der Waals surface area contributed by atoms with Crippen molar-refractivity contribution in [2.24, 2.45) is 11.7 Å². The third kappa shape index (κ3) is 3.49. The molecule has 0 radical (unpaired) electrons. The normalized spacial score (nSPS) is 17.8. The van der Waals surface area contributed by atoms with Gasteiger partial charge in [-0.3, -0.25) is 4.79 Å². The first-order valence-electron chi connectivity index (χ1n) is 6.27. The minimum atomic E-state index is -0.891. The largest absolute Gasteiger partial charge is 0.465 e. The van der Waals surface area contributed by atoms with Crippen LogP contribution in [0, 0.1) is 5.92 Å². The van der Waals surface area contributed by atoms with Crippen LogP contribution in [-0.4, -0.2) is 28.9 Å². The maximum atomic E-state index is 12.1. The van der Waals surface area contributed by atoms with Gasteiger partial charge in [0.2, 0.25) is 0 Å². The molecular formula is C13H17BrN2O2S. The van der Waals surface area contributed by atoms with Gasteiger partial charge < -0.3 is 10.5 Å². The predicted molar refractivity (Wildman–Crippen MR) is 78.9 cm³/mol. The van der Waals surface area contributed by atoms with Gasteiger partial charge >= 0.3 is 5.97 Å². The van der Waals surface area contributed by atoms with Crippen molar-refractivity contribution in [1.29, 1.82) is 0 Å². The molecule has 0 amide bonds. The fourth-order valence-corrected chi connectivity index (χ4v) is 3.54. The minimum absolute atomic E-state index is 0.238. The second-order valence-electron chi connectivity index (χ2n) is 4.61. The van der Waals surface area contributed by atoms with Crippen molar-refractivity contribution in [3.63, 3.8) is 0 Å². The summed E-state index contributed by atoms with van der Waals surface area (Å²) in [7, 11) is 0. The summed E-state index contributed by atoms with van der Waals surface area (Å²) in [5.41, 5.74) is 5.40. The Morgan fingerprint density at radius 1 is 1.68 bits per heavy atom. The van der Waals surface area contributed by atoms with Crippen LogP contribution < -0.4 is 5.73 Å². The smallest absolute Gasteiger partial charge is 0.327 e. The quantitative estimate of drug-likeness (QED) is 0.634. The van der Waals surface area contributed by atoms with Gasteiger partial charge in [-0.05, 0) is 53.7 Å². The van der Waals surface area contributed by atoms with E-state index in [0.717, 1.165) is 22.3 Å². The maximum absolute atomic E-state index is 12.1. The highest BCUT2D eigenvalue weighted by atomic mass is 79.9. The predicted octanol–water partition coefficient (Wildman–Crippen LogP) is 2.61. The fraction of sp³-hybridized carbons (Fsp3) is 0.538. The highest BCUT2D eigenvalue weighted by molar-refractivity contribution is 9.10. The first kappa shape index (κ1) is 14.8. The Hall–Kier alpha value is -0.590. The molecule has 1 aliphatic carbocycles. The number of hydrogen-bond donors (Lipinski definition) is 1. The van der Waals surface area contributed by atoms with Gasteiger partial charge in [0.25, 0.3) is 0 Å². The monoisotopic (exact) mass is 344 g/mol. The molecule has 0 aromatic carbocycles. The number of hydrogen-bond acceptors (Lipinski definition) is 5.